The third-order valence-electron chi connectivity index (χ3n) is 5.56. The number of fused-ring (bicyclic) bond motifs is 1. The topological polar surface area (TPSA) is 122 Å². The maximum atomic E-state index is 13.3. The van der Waals surface area contributed by atoms with Crippen LogP contribution in [0.4, 0.5) is 5.69 Å². The molecule has 0 unspecified atom stereocenters. The van der Waals surface area contributed by atoms with Gasteiger partial charge in [0.25, 0.3) is 5.56 Å². The number of nitrogens with zero attached hydrogens (tertiary/aromatic N) is 6. The molecule has 160 valence electrons. The molecular formula is C19H24N6O5. The Bertz CT molecular complexity index is 1090. The van der Waals surface area contributed by atoms with E-state index in [1.807, 2.05) is 11.0 Å². The molecule has 0 spiro atoms. The molecule has 0 aliphatic carbocycles. The van der Waals surface area contributed by atoms with E-state index < -0.39 is 5.97 Å². The smallest absolute Gasteiger partial charge is 0.323 e. The summed E-state index contributed by atoms with van der Waals surface area (Å²) in [5, 5.41) is 13.8. The summed E-state index contributed by atoms with van der Waals surface area (Å²) in [6.45, 7) is 5.88. The molecule has 2 aromatic heterocycles. The van der Waals surface area contributed by atoms with Gasteiger partial charge in [-0.2, -0.15) is 9.50 Å². The molecule has 0 atom stereocenters. The van der Waals surface area contributed by atoms with Gasteiger partial charge in [-0.3, -0.25) is 14.4 Å². The van der Waals surface area contributed by atoms with E-state index in [4.69, 9.17) is 4.74 Å². The predicted molar refractivity (Wildman–Crippen MR) is 107 cm³/mol. The van der Waals surface area contributed by atoms with Crippen molar-refractivity contribution in [3.63, 3.8) is 0 Å². The van der Waals surface area contributed by atoms with Gasteiger partial charge in [-0.15, -0.1) is 5.10 Å². The van der Waals surface area contributed by atoms with Gasteiger partial charge in [0.05, 0.1) is 13.2 Å². The van der Waals surface area contributed by atoms with Crippen molar-refractivity contribution in [1.82, 2.24) is 24.1 Å². The Morgan fingerprint density at radius 1 is 1.23 bits per heavy atom. The fourth-order valence-electron chi connectivity index (χ4n) is 3.95. The van der Waals surface area contributed by atoms with Crippen LogP contribution >= 0.6 is 0 Å². The molecule has 2 aliphatic heterocycles. The maximum absolute atomic E-state index is 13.3. The average molecular weight is 416 g/mol. The van der Waals surface area contributed by atoms with Crippen molar-refractivity contribution in [2.24, 2.45) is 0 Å². The lowest BCUT2D eigenvalue weighted by Gasteiger charge is -2.36. The van der Waals surface area contributed by atoms with E-state index in [1.165, 1.54) is 16.0 Å². The second-order valence-electron chi connectivity index (χ2n) is 7.41. The Morgan fingerprint density at radius 2 is 1.97 bits per heavy atom. The number of anilines is 1. The predicted octanol–water partition coefficient (Wildman–Crippen LogP) is -0.244. The molecule has 1 saturated heterocycles. The van der Waals surface area contributed by atoms with E-state index in [0.29, 0.717) is 63.0 Å². The molecule has 11 heteroatoms. The highest BCUT2D eigenvalue weighted by molar-refractivity contribution is 5.73. The summed E-state index contributed by atoms with van der Waals surface area (Å²) in [4.78, 5) is 44.6. The summed E-state index contributed by atoms with van der Waals surface area (Å²) >= 11 is 0. The summed E-state index contributed by atoms with van der Waals surface area (Å²) in [6, 6.07) is 0. The van der Waals surface area contributed by atoms with Gasteiger partial charge in [0.15, 0.2) is 5.82 Å². The number of carbonyl (C=O) groups is 2. The molecule has 11 nitrogen and oxygen atoms in total. The Labute approximate surface area is 172 Å². The maximum Gasteiger partial charge on any atom is 0.323 e. The minimum Gasteiger partial charge on any atom is -0.480 e. The first-order valence-electron chi connectivity index (χ1n) is 9.86. The summed E-state index contributed by atoms with van der Waals surface area (Å²) in [5.41, 5.74) is 1.45. The van der Waals surface area contributed by atoms with Crippen LogP contribution in [0.2, 0.25) is 0 Å². The van der Waals surface area contributed by atoms with Crippen LogP contribution in [0.25, 0.3) is 11.4 Å². The highest BCUT2D eigenvalue weighted by Crippen LogP contribution is 2.22. The van der Waals surface area contributed by atoms with Crippen LogP contribution in [-0.4, -0.2) is 80.4 Å². The van der Waals surface area contributed by atoms with Crippen LogP contribution in [0.3, 0.4) is 0 Å². The summed E-state index contributed by atoms with van der Waals surface area (Å²) in [5.74, 6) is -0.428. The van der Waals surface area contributed by atoms with Gasteiger partial charge in [0, 0.05) is 38.8 Å². The normalized spacial score (nSPS) is 17.3. The highest BCUT2D eigenvalue weighted by Gasteiger charge is 2.27. The van der Waals surface area contributed by atoms with Gasteiger partial charge in [-0.1, -0.05) is 6.08 Å². The molecule has 2 aliphatic rings. The number of hydrogen-bond acceptors (Lipinski definition) is 7. The molecule has 2 aromatic rings. The number of amides is 1. The third-order valence-corrected chi connectivity index (χ3v) is 5.56. The van der Waals surface area contributed by atoms with Crippen molar-refractivity contribution >= 4 is 28.9 Å². The van der Waals surface area contributed by atoms with Crippen LogP contribution in [0, 0.1) is 6.92 Å². The first-order chi connectivity index (χ1) is 14.4. The second kappa shape index (κ2) is 7.90. The van der Waals surface area contributed by atoms with Crippen molar-refractivity contribution in [2.45, 2.75) is 26.8 Å². The van der Waals surface area contributed by atoms with Crippen LogP contribution in [0.5, 0.6) is 0 Å². The van der Waals surface area contributed by atoms with Gasteiger partial charge in [-0.05, 0) is 18.9 Å². The molecule has 0 radical (unpaired) electrons. The van der Waals surface area contributed by atoms with Gasteiger partial charge in [0.2, 0.25) is 11.7 Å². The minimum absolute atomic E-state index is 0.00392. The second-order valence-corrected chi connectivity index (χ2v) is 7.41. The number of aliphatic carboxylic acids is 1. The Morgan fingerprint density at radius 3 is 2.57 bits per heavy atom. The zero-order valence-electron chi connectivity index (χ0n) is 17.0. The number of hydrogen-bond donors (Lipinski definition) is 1. The van der Waals surface area contributed by atoms with E-state index in [9.17, 15) is 19.5 Å². The molecule has 4 heterocycles. The fourth-order valence-corrected chi connectivity index (χ4v) is 3.95. The summed E-state index contributed by atoms with van der Waals surface area (Å²) in [6.07, 6.45) is 2.50. The standard InChI is InChI=1S/C19H24N6O5/c1-12-16(23-7-5-22(6-8-23)13(2)26)18(29)25-19(24(12)11-15(27)28)20-17(21-25)14-3-9-30-10-4-14/h3H,4-11H2,1-2H3,(H,27,28). The Kier molecular flexibility index (Phi) is 5.29. The third kappa shape index (κ3) is 3.56. The van der Waals surface area contributed by atoms with Crippen LogP contribution in [0.15, 0.2) is 10.9 Å². The number of rotatable bonds is 4. The van der Waals surface area contributed by atoms with Crippen molar-refractivity contribution in [3.8, 4) is 0 Å². The minimum atomic E-state index is -1.04. The number of carboxylic acid groups (broad SMARTS) is 1. The van der Waals surface area contributed by atoms with E-state index in [2.05, 4.69) is 10.1 Å². The van der Waals surface area contributed by atoms with Crippen molar-refractivity contribution in [2.75, 3.05) is 44.3 Å². The number of ether oxygens (including phenoxy) is 1. The fraction of sp³-hybridized carbons (Fsp3) is 0.526. The molecule has 4 rings (SSSR count). The monoisotopic (exact) mass is 416 g/mol. The van der Waals surface area contributed by atoms with Gasteiger partial charge >= 0.3 is 5.97 Å². The van der Waals surface area contributed by atoms with Gasteiger partial charge in [-0.25, -0.2) is 0 Å². The molecule has 1 fully saturated rings. The zero-order chi connectivity index (χ0) is 21.4. The van der Waals surface area contributed by atoms with Crippen molar-refractivity contribution in [1.29, 1.82) is 0 Å². The largest absolute Gasteiger partial charge is 0.480 e. The molecule has 30 heavy (non-hydrogen) atoms. The van der Waals surface area contributed by atoms with Crippen molar-refractivity contribution < 1.29 is 19.4 Å². The molecule has 1 amide bonds. The lowest BCUT2D eigenvalue weighted by atomic mass is 10.1. The molecule has 1 N–H and O–H groups in total. The van der Waals surface area contributed by atoms with E-state index >= 15 is 0 Å². The molecule has 0 aromatic carbocycles. The first-order valence-corrected chi connectivity index (χ1v) is 9.86. The zero-order valence-corrected chi connectivity index (χ0v) is 17.0. The Hall–Kier alpha value is -3.21. The number of carboxylic acids is 1. The Balaban J connectivity index is 1.82. The number of carbonyl (C=O) groups excluding carboxylic acids is 1. The molecular weight excluding hydrogens is 392 g/mol. The molecule has 0 saturated carbocycles. The SMILES string of the molecule is CC(=O)N1CCN(c2c(C)n(CC(=O)O)c3nc(C4=CCOCC4)nn3c2=O)CC1. The lowest BCUT2D eigenvalue weighted by molar-refractivity contribution is -0.137. The van der Waals surface area contributed by atoms with E-state index in [1.54, 1.807) is 11.8 Å². The lowest BCUT2D eigenvalue weighted by Crippen LogP contribution is -2.50. The van der Waals surface area contributed by atoms with Crippen LogP contribution < -0.4 is 10.5 Å². The van der Waals surface area contributed by atoms with Crippen LogP contribution in [-0.2, 0) is 20.9 Å². The summed E-state index contributed by atoms with van der Waals surface area (Å²) < 4.78 is 8.02. The number of piperazine rings is 1. The van der Waals surface area contributed by atoms with E-state index in [-0.39, 0.29) is 23.8 Å². The number of aromatic nitrogens is 4. The summed E-state index contributed by atoms with van der Waals surface area (Å²) in [7, 11) is 0. The average Bonchev–Trinajstić information content (AvgIpc) is 3.18. The molecule has 0 bridgehead atoms. The van der Waals surface area contributed by atoms with Crippen LogP contribution in [0.1, 0.15) is 24.9 Å². The highest BCUT2D eigenvalue weighted by atomic mass is 16.5. The quantitative estimate of drug-likeness (QED) is 0.724. The first kappa shape index (κ1) is 20.1. The van der Waals surface area contributed by atoms with Gasteiger partial charge < -0.3 is 24.2 Å². The van der Waals surface area contributed by atoms with Crippen molar-refractivity contribution in [3.05, 3.63) is 27.9 Å². The van der Waals surface area contributed by atoms with E-state index in [0.717, 1.165) is 5.57 Å². The van der Waals surface area contributed by atoms with Gasteiger partial charge in [0.1, 0.15) is 12.2 Å².